The van der Waals surface area contributed by atoms with Crippen molar-refractivity contribution in [3.05, 3.63) is 60.7 Å². The van der Waals surface area contributed by atoms with E-state index in [0.717, 1.165) is 37.6 Å². The summed E-state index contributed by atoms with van der Waals surface area (Å²) in [5.74, 6) is 1.27. The Kier molecular flexibility index (Phi) is 8.24. The van der Waals surface area contributed by atoms with Crippen LogP contribution in [0.4, 0.5) is 0 Å². The molecule has 0 aromatic heterocycles. The molecule has 2 unspecified atom stereocenters. The van der Waals surface area contributed by atoms with E-state index in [9.17, 15) is 4.79 Å². The smallest absolute Gasteiger partial charge is 0.346 e. The van der Waals surface area contributed by atoms with E-state index in [2.05, 4.69) is 96.6 Å². The lowest BCUT2D eigenvalue weighted by molar-refractivity contribution is -0.542. The molecule has 2 aliphatic rings. The number of nitrogens with one attached hydrogen (secondary N) is 2. The SMILES string of the molecule is CC(C)(C)[Si](OCC1CC[N+]2=C(N1)NC(CSCC(=O)O)CC2)(c1ccccc1)c1ccccc1. The first-order valence-corrected chi connectivity index (χ1v) is 15.6. The van der Waals surface area contributed by atoms with Crippen LogP contribution in [0.2, 0.25) is 5.04 Å². The van der Waals surface area contributed by atoms with E-state index in [0.29, 0.717) is 6.61 Å². The minimum atomic E-state index is -2.56. The number of hydrogen-bond donors (Lipinski definition) is 3. The Hall–Kier alpha value is -2.29. The van der Waals surface area contributed by atoms with Crippen LogP contribution < -0.4 is 21.0 Å². The fourth-order valence-electron chi connectivity index (χ4n) is 5.24. The van der Waals surface area contributed by atoms with E-state index < -0.39 is 14.3 Å². The first-order valence-electron chi connectivity index (χ1n) is 12.5. The van der Waals surface area contributed by atoms with Gasteiger partial charge in [-0.2, -0.15) is 0 Å². The summed E-state index contributed by atoms with van der Waals surface area (Å²) >= 11 is 1.48. The second kappa shape index (κ2) is 11.2. The standard InChI is InChI=1S/C27H37N3O3SSi/c1-27(2,3)35(23-10-6-4-7-11-23,24-12-8-5-9-13-24)33-18-21-14-16-30-17-15-22(29-26(30)28-21)19-34-20-25(31)32/h4-13,21-22H,14-20H2,1-3H3,(H2,28,29,31,32)/p+1. The lowest BCUT2D eigenvalue weighted by atomic mass is 10.1. The maximum atomic E-state index is 10.9. The van der Waals surface area contributed by atoms with Crippen molar-refractivity contribution in [2.24, 2.45) is 0 Å². The Bertz CT molecular complexity index is 987. The lowest BCUT2D eigenvalue weighted by Gasteiger charge is -2.44. The fourth-order valence-corrected chi connectivity index (χ4v) is 10.7. The zero-order valence-electron chi connectivity index (χ0n) is 21.0. The topological polar surface area (TPSA) is 73.6 Å². The summed E-state index contributed by atoms with van der Waals surface area (Å²) in [5, 5.41) is 18.8. The van der Waals surface area contributed by atoms with E-state index in [1.807, 2.05) is 0 Å². The molecule has 0 amide bonds. The first-order chi connectivity index (χ1) is 16.8. The number of carboxylic acid groups (broad SMARTS) is 1. The molecule has 2 aromatic carbocycles. The van der Waals surface area contributed by atoms with Gasteiger partial charge in [-0.1, -0.05) is 81.4 Å². The molecular weight excluding hydrogens is 474 g/mol. The summed E-state index contributed by atoms with van der Waals surface area (Å²) in [6, 6.07) is 22.1. The molecule has 4 rings (SSSR count). The molecule has 2 atom stereocenters. The molecule has 2 heterocycles. The largest absolute Gasteiger partial charge is 0.481 e. The van der Waals surface area contributed by atoms with Crippen molar-refractivity contribution in [1.82, 2.24) is 10.6 Å². The van der Waals surface area contributed by atoms with Crippen molar-refractivity contribution in [3.63, 3.8) is 0 Å². The molecule has 0 aliphatic carbocycles. The number of benzene rings is 2. The first kappa shape index (κ1) is 25.8. The summed E-state index contributed by atoms with van der Waals surface area (Å²) in [5.41, 5.74) is 0. The average Bonchev–Trinajstić information content (AvgIpc) is 2.84. The highest BCUT2D eigenvalue weighted by atomic mass is 32.2. The van der Waals surface area contributed by atoms with Crippen LogP contribution in [0.3, 0.4) is 0 Å². The Morgan fingerprint density at radius 2 is 1.54 bits per heavy atom. The zero-order valence-corrected chi connectivity index (χ0v) is 22.8. The van der Waals surface area contributed by atoms with Crippen LogP contribution in [0, 0.1) is 0 Å². The molecule has 2 aromatic rings. The van der Waals surface area contributed by atoms with Crippen molar-refractivity contribution in [2.45, 2.75) is 50.7 Å². The number of hydrogen-bond acceptors (Lipinski definition) is 5. The highest BCUT2D eigenvalue weighted by molar-refractivity contribution is 7.99. The van der Waals surface area contributed by atoms with E-state index in [1.165, 1.54) is 22.1 Å². The molecule has 2 aliphatic heterocycles. The summed E-state index contributed by atoms with van der Waals surface area (Å²) in [6.45, 7) is 9.57. The number of aliphatic carboxylic acids is 1. The van der Waals surface area contributed by atoms with Crippen LogP contribution in [-0.4, -0.2) is 73.2 Å². The minimum Gasteiger partial charge on any atom is -0.481 e. The zero-order chi connectivity index (χ0) is 24.9. The van der Waals surface area contributed by atoms with Crippen molar-refractivity contribution in [1.29, 1.82) is 0 Å². The normalized spacial score (nSPS) is 20.5. The highest BCUT2D eigenvalue weighted by Crippen LogP contribution is 2.36. The van der Waals surface area contributed by atoms with Gasteiger partial charge in [0.05, 0.1) is 37.5 Å². The quantitative estimate of drug-likeness (QED) is 0.354. The van der Waals surface area contributed by atoms with Gasteiger partial charge in [0.25, 0.3) is 8.32 Å². The number of nitrogens with zero attached hydrogens (tertiary/aromatic N) is 1. The molecule has 0 spiro atoms. The second-order valence-electron chi connectivity index (χ2n) is 10.5. The minimum absolute atomic E-state index is 0.0426. The molecule has 188 valence electrons. The van der Waals surface area contributed by atoms with Gasteiger partial charge in [0.15, 0.2) is 0 Å². The van der Waals surface area contributed by atoms with Crippen LogP contribution in [0.1, 0.15) is 33.6 Å². The van der Waals surface area contributed by atoms with Crippen molar-refractivity contribution in [3.8, 4) is 0 Å². The van der Waals surface area contributed by atoms with E-state index >= 15 is 0 Å². The third-order valence-corrected chi connectivity index (χ3v) is 13.0. The number of carbonyl (C=O) groups is 1. The van der Waals surface area contributed by atoms with Gasteiger partial charge in [0.2, 0.25) is 0 Å². The summed E-state index contributed by atoms with van der Waals surface area (Å²) in [7, 11) is -2.56. The maximum Gasteiger partial charge on any atom is 0.346 e. The third kappa shape index (κ3) is 5.93. The van der Waals surface area contributed by atoms with Gasteiger partial charge in [0.1, 0.15) is 0 Å². The predicted octanol–water partition coefficient (Wildman–Crippen LogP) is 2.47. The van der Waals surface area contributed by atoms with Gasteiger partial charge in [-0.05, 0) is 15.4 Å². The van der Waals surface area contributed by atoms with Crippen LogP contribution in [0.15, 0.2) is 60.7 Å². The van der Waals surface area contributed by atoms with Gasteiger partial charge in [0, 0.05) is 18.6 Å². The van der Waals surface area contributed by atoms with Crippen LogP contribution in [0.25, 0.3) is 0 Å². The molecular formula is C27H38N3O3SSi+. The molecule has 0 radical (unpaired) electrons. The predicted molar refractivity (Wildman–Crippen MR) is 147 cm³/mol. The summed E-state index contributed by atoms with van der Waals surface area (Å²) in [6.07, 6.45) is 2.06. The third-order valence-electron chi connectivity index (χ3n) is 6.96. The molecule has 35 heavy (non-hydrogen) atoms. The molecule has 0 saturated carbocycles. The Morgan fingerprint density at radius 1 is 1.00 bits per heavy atom. The highest BCUT2D eigenvalue weighted by Gasteiger charge is 2.50. The van der Waals surface area contributed by atoms with E-state index in [4.69, 9.17) is 9.53 Å². The molecule has 0 bridgehead atoms. The van der Waals surface area contributed by atoms with Gasteiger partial charge in [-0.3, -0.25) is 20.0 Å². The molecule has 3 N–H and O–H groups in total. The molecule has 0 fully saturated rings. The van der Waals surface area contributed by atoms with Crippen molar-refractivity contribution < 1.29 is 18.9 Å². The number of carboxylic acids is 1. The summed E-state index contributed by atoms with van der Waals surface area (Å²) in [4.78, 5) is 10.9. The van der Waals surface area contributed by atoms with Crippen LogP contribution >= 0.6 is 11.8 Å². The van der Waals surface area contributed by atoms with Crippen molar-refractivity contribution in [2.75, 3.05) is 31.2 Å². The van der Waals surface area contributed by atoms with Crippen LogP contribution in [0.5, 0.6) is 0 Å². The monoisotopic (exact) mass is 512 g/mol. The Labute approximate surface area is 214 Å². The van der Waals surface area contributed by atoms with Gasteiger partial charge in [-0.25, -0.2) is 0 Å². The molecule has 6 nitrogen and oxygen atoms in total. The number of guanidine groups is 1. The number of thioether (sulfide) groups is 1. The Morgan fingerprint density at radius 3 is 2.09 bits per heavy atom. The second-order valence-corrected chi connectivity index (χ2v) is 15.8. The van der Waals surface area contributed by atoms with Crippen molar-refractivity contribution >= 4 is 42.4 Å². The van der Waals surface area contributed by atoms with Gasteiger partial charge < -0.3 is 9.53 Å². The van der Waals surface area contributed by atoms with E-state index in [1.54, 1.807) is 0 Å². The van der Waals surface area contributed by atoms with Gasteiger partial charge in [-0.15, -0.1) is 11.8 Å². The Balaban J connectivity index is 1.50. The lowest BCUT2D eigenvalue weighted by Crippen LogP contribution is -2.68. The fraction of sp³-hybridized carbons (Fsp3) is 0.481. The van der Waals surface area contributed by atoms with E-state index in [-0.39, 0.29) is 22.9 Å². The molecule has 8 heteroatoms. The average molecular weight is 513 g/mol. The van der Waals surface area contributed by atoms with Gasteiger partial charge >= 0.3 is 11.9 Å². The maximum absolute atomic E-state index is 10.9. The molecule has 0 saturated heterocycles. The number of rotatable bonds is 9. The summed E-state index contributed by atoms with van der Waals surface area (Å²) < 4.78 is 9.52. The van der Waals surface area contributed by atoms with Crippen LogP contribution in [-0.2, 0) is 9.22 Å².